The van der Waals surface area contributed by atoms with Crippen LogP contribution in [-0.4, -0.2) is 29.2 Å². The summed E-state index contributed by atoms with van der Waals surface area (Å²) in [5.74, 6) is -0.220. The lowest BCUT2D eigenvalue weighted by atomic mass is 10.1. The Morgan fingerprint density at radius 2 is 2.11 bits per heavy atom. The van der Waals surface area contributed by atoms with E-state index in [-0.39, 0.29) is 18.5 Å². The van der Waals surface area contributed by atoms with Crippen LogP contribution in [-0.2, 0) is 13.1 Å². The molecule has 1 unspecified atom stereocenters. The van der Waals surface area contributed by atoms with Gasteiger partial charge in [-0.25, -0.2) is 4.39 Å². The SMILES string of the molecule is NCc1ccc(F)cc1CN1CCCCCC1CO. The quantitative estimate of drug-likeness (QED) is 0.876. The van der Waals surface area contributed by atoms with Gasteiger partial charge in [0, 0.05) is 19.1 Å². The minimum Gasteiger partial charge on any atom is -0.395 e. The molecule has 106 valence electrons. The van der Waals surface area contributed by atoms with E-state index in [0.29, 0.717) is 13.1 Å². The standard InChI is InChI=1S/C15H23FN2O/c16-14-6-5-12(9-17)13(8-14)10-18-7-3-1-2-4-15(18)11-19/h5-6,8,15,19H,1-4,7,9-11,17H2. The second-order valence-corrected chi connectivity index (χ2v) is 5.27. The first-order valence-electron chi connectivity index (χ1n) is 7.07. The van der Waals surface area contributed by atoms with Crippen molar-refractivity contribution in [2.45, 2.75) is 44.8 Å². The van der Waals surface area contributed by atoms with Crippen molar-refractivity contribution in [3.63, 3.8) is 0 Å². The molecule has 1 aromatic carbocycles. The maximum atomic E-state index is 13.4. The average Bonchev–Trinajstić information content (AvgIpc) is 2.64. The molecule has 1 heterocycles. The predicted octanol–water partition coefficient (Wildman–Crippen LogP) is 2.02. The van der Waals surface area contributed by atoms with Gasteiger partial charge in [-0.15, -0.1) is 0 Å². The molecule has 0 bridgehead atoms. The van der Waals surface area contributed by atoms with Gasteiger partial charge >= 0.3 is 0 Å². The van der Waals surface area contributed by atoms with Crippen molar-refractivity contribution in [2.24, 2.45) is 5.73 Å². The molecule has 0 amide bonds. The third-order valence-corrected chi connectivity index (χ3v) is 3.97. The second-order valence-electron chi connectivity index (χ2n) is 5.27. The van der Waals surface area contributed by atoms with Crippen LogP contribution >= 0.6 is 0 Å². The normalized spacial score (nSPS) is 21.3. The second kappa shape index (κ2) is 6.98. The molecule has 1 aromatic rings. The van der Waals surface area contributed by atoms with Gasteiger partial charge in [0.05, 0.1) is 6.61 Å². The van der Waals surface area contributed by atoms with E-state index in [2.05, 4.69) is 4.90 Å². The van der Waals surface area contributed by atoms with Gasteiger partial charge < -0.3 is 10.8 Å². The topological polar surface area (TPSA) is 49.5 Å². The molecule has 1 aliphatic rings. The minimum atomic E-state index is -0.220. The first-order chi connectivity index (χ1) is 9.24. The molecule has 1 aliphatic heterocycles. The largest absolute Gasteiger partial charge is 0.395 e. The molecule has 1 saturated heterocycles. The Bertz CT molecular complexity index is 411. The van der Waals surface area contributed by atoms with Crippen LogP contribution in [0.5, 0.6) is 0 Å². The molecule has 0 spiro atoms. The van der Waals surface area contributed by atoms with E-state index < -0.39 is 0 Å². The van der Waals surface area contributed by atoms with Gasteiger partial charge in [-0.3, -0.25) is 4.90 Å². The van der Waals surface area contributed by atoms with Crippen molar-refractivity contribution in [3.8, 4) is 0 Å². The molecule has 1 atom stereocenters. The van der Waals surface area contributed by atoms with Crippen LogP contribution in [0.2, 0.25) is 0 Å². The summed E-state index contributed by atoms with van der Waals surface area (Å²) >= 11 is 0. The highest BCUT2D eigenvalue weighted by Crippen LogP contribution is 2.21. The first kappa shape index (κ1) is 14.4. The van der Waals surface area contributed by atoms with Crippen molar-refractivity contribution in [3.05, 3.63) is 35.1 Å². The number of aliphatic hydroxyl groups excluding tert-OH is 1. The van der Waals surface area contributed by atoms with Crippen molar-refractivity contribution in [1.82, 2.24) is 4.90 Å². The van der Waals surface area contributed by atoms with E-state index in [1.54, 1.807) is 12.1 Å². The van der Waals surface area contributed by atoms with Crippen molar-refractivity contribution >= 4 is 0 Å². The lowest BCUT2D eigenvalue weighted by Crippen LogP contribution is -2.37. The summed E-state index contributed by atoms with van der Waals surface area (Å²) in [5, 5.41) is 9.51. The highest BCUT2D eigenvalue weighted by atomic mass is 19.1. The molecule has 0 radical (unpaired) electrons. The fourth-order valence-corrected chi connectivity index (χ4v) is 2.81. The van der Waals surface area contributed by atoms with Crippen LogP contribution in [0, 0.1) is 5.82 Å². The Balaban J connectivity index is 2.15. The van der Waals surface area contributed by atoms with Crippen LogP contribution in [0.1, 0.15) is 36.8 Å². The van der Waals surface area contributed by atoms with E-state index in [9.17, 15) is 9.50 Å². The summed E-state index contributed by atoms with van der Waals surface area (Å²) in [6.07, 6.45) is 4.53. The van der Waals surface area contributed by atoms with Crippen molar-refractivity contribution in [2.75, 3.05) is 13.2 Å². The minimum absolute atomic E-state index is 0.174. The molecule has 0 aromatic heterocycles. The highest BCUT2D eigenvalue weighted by Gasteiger charge is 2.21. The van der Waals surface area contributed by atoms with Gasteiger partial charge in [-0.05, 0) is 42.6 Å². The molecule has 3 N–H and O–H groups in total. The maximum absolute atomic E-state index is 13.4. The van der Waals surface area contributed by atoms with Gasteiger partial charge in [0.2, 0.25) is 0 Å². The highest BCUT2D eigenvalue weighted by molar-refractivity contribution is 5.27. The molecule has 3 nitrogen and oxygen atoms in total. The summed E-state index contributed by atoms with van der Waals surface area (Å²) in [7, 11) is 0. The summed E-state index contributed by atoms with van der Waals surface area (Å²) < 4.78 is 13.4. The lowest BCUT2D eigenvalue weighted by molar-refractivity contribution is 0.118. The zero-order valence-electron chi connectivity index (χ0n) is 11.3. The van der Waals surface area contributed by atoms with Crippen LogP contribution in [0.25, 0.3) is 0 Å². The lowest BCUT2D eigenvalue weighted by Gasteiger charge is -2.29. The van der Waals surface area contributed by atoms with Crippen LogP contribution in [0.3, 0.4) is 0 Å². The van der Waals surface area contributed by atoms with Gasteiger partial charge in [0.1, 0.15) is 5.82 Å². The van der Waals surface area contributed by atoms with E-state index in [1.165, 1.54) is 12.5 Å². The van der Waals surface area contributed by atoms with Gasteiger partial charge in [-0.2, -0.15) is 0 Å². The zero-order chi connectivity index (χ0) is 13.7. The van der Waals surface area contributed by atoms with E-state index in [4.69, 9.17) is 5.73 Å². The molecule has 0 aliphatic carbocycles. The summed E-state index contributed by atoms with van der Waals surface area (Å²) in [4.78, 5) is 2.26. The van der Waals surface area contributed by atoms with Gasteiger partial charge in [0.25, 0.3) is 0 Å². The molecule has 19 heavy (non-hydrogen) atoms. The Morgan fingerprint density at radius 1 is 1.26 bits per heavy atom. The van der Waals surface area contributed by atoms with Crippen molar-refractivity contribution in [1.29, 1.82) is 0 Å². The monoisotopic (exact) mass is 266 g/mol. The zero-order valence-corrected chi connectivity index (χ0v) is 11.3. The summed E-state index contributed by atoms with van der Waals surface area (Å²) in [6.45, 7) is 2.24. The van der Waals surface area contributed by atoms with Gasteiger partial charge in [-0.1, -0.05) is 18.9 Å². The number of nitrogens with two attached hydrogens (primary N) is 1. The Morgan fingerprint density at radius 3 is 2.84 bits per heavy atom. The van der Waals surface area contributed by atoms with Crippen LogP contribution < -0.4 is 5.73 Å². The number of hydrogen-bond acceptors (Lipinski definition) is 3. The molecule has 0 saturated carbocycles. The fraction of sp³-hybridized carbons (Fsp3) is 0.600. The van der Waals surface area contributed by atoms with Crippen LogP contribution in [0.4, 0.5) is 4.39 Å². The Hall–Kier alpha value is -0.970. The summed E-state index contributed by atoms with van der Waals surface area (Å²) in [6, 6.07) is 4.98. The molecule has 1 fully saturated rings. The van der Waals surface area contributed by atoms with E-state index in [1.807, 2.05) is 0 Å². The third kappa shape index (κ3) is 3.75. The number of aliphatic hydroxyl groups is 1. The van der Waals surface area contributed by atoms with Crippen molar-refractivity contribution < 1.29 is 9.50 Å². The number of rotatable bonds is 4. The average molecular weight is 266 g/mol. The number of benzene rings is 1. The van der Waals surface area contributed by atoms with E-state index in [0.717, 1.165) is 36.9 Å². The summed E-state index contributed by atoms with van der Waals surface area (Å²) in [5.41, 5.74) is 7.65. The maximum Gasteiger partial charge on any atom is 0.123 e. The molecule has 4 heteroatoms. The number of hydrogen-bond donors (Lipinski definition) is 2. The third-order valence-electron chi connectivity index (χ3n) is 3.97. The number of likely N-dealkylation sites (tertiary alicyclic amines) is 1. The molecular formula is C15H23FN2O. The Kier molecular flexibility index (Phi) is 5.31. The fourth-order valence-electron chi connectivity index (χ4n) is 2.81. The molecular weight excluding hydrogens is 243 g/mol. The predicted molar refractivity (Wildman–Crippen MR) is 74.0 cm³/mol. The number of nitrogens with zero attached hydrogens (tertiary/aromatic N) is 1. The van der Waals surface area contributed by atoms with Gasteiger partial charge in [0.15, 0.2) is 0 Å². The van der Waals surface area contributed by atoms with E-state index >= 15 is 0 Å². The molecule has 2 rings (SSSR count). The Labute approximate surface area is 114 Å². The van der Waals surface area contributed by atoms with Crippen LogP contribution in [0.15, 0.2) is 18.2 Å². The number of halogens is 1. The smallest absolute Gasteiger partial charge is 0.123 e. The first-order valence-corrected chi connectivity index (χ1v) is 7.07.